The summed E-state index contributed by atoms with van der Waals surface area (Å²) in [6.07, 6.45) is 27.6. The third kappa shape index (κ3) is 37.5. The number of aliphatic hydroxyl groups is 1. The average Bonchev–Trinajstić information content (AvgIpc) is 2.75. The molecule has 0 fully saturated rings. The topological polar surface area (TPSA) is 38.7 Å². The van der Waals surface area contributed by atoms with Gasteiger partial charge in [0.05, 0.1) is 0 Å². The van der Waals surface area contributed by atoms with Crippen molar-refractivity contribution in [3.63, 3.8) is 0 Å². The summed E-state index contributed by atoms with van der Waals surface area (Å²) in [5, 5.41) is 8.33. The van der Waals surface area contributed by atoms with E-state index in [0.29, 0.717) is 6.61 Å². The lowest BCUT2D eigenvalue weighted by molar-refractivity contribution is -0.0800. The van der Waals surface area contributed by atoms with Gasteiger partial charge in [-0.25, -0.2) is 0 Å². The zero-order chi connectivity index (χ0) is 23.3. The van der Waals surface area contributed by atoms with E-state index in [1.54, 1.807) is 6.92 Å². The van der Waals surface area contributed by atoms with E-state index in [0.717, 1.165) is 13.2 Å². The van der Waals surface area contributed by atoms with Crippen molar-refractivity contribution in [3.8, 4) is 0 Å². The monoisotopic (exact) mass is 444 g/mol. The van der Waals surface area contributed by atoms with Gasteiger partial charge in [-0.3, -0.25) is 0 Å². The van der Waals surface area contributed by atoms with E-state index in [1.807, 2.05) is 6.92 Å². The lowest BCUT2D eigenvalue weighted by atomic mass is 10.1. The standard InChI is InChI=1S/C24H50O.C4H10O2/c1-3-5-7-9-11-13-15-17-19-21-23-25-24-22-20-18-16-14-12-10-8-6-4-2;1-3-6-4(2)5/h3-24H2,1-2H3;4-5H,3H2,1-2H3. The number of unbranched alkanes of at least 4 members (excludes halogenated alkanes) is 18. The molecule has 3 heteroatoms. The van der Waals surface area contributed by atoms with Crippen LogP contribution in [0.4, 0.5) is 0 Å². The first-order chi connectivity index (χ1) is 15.2. The second-order valence-corrected chi connectivity index (χ2v) is 9.03. The van der Waals surface area contributed by atoms with Crippen LogP contribution in [0, 0.1) is 0 Å². The molecule has 1 unspecified atom stereocenters. The van der Waals surface area contributed by atoms with Crippen LogP contribution in [0.5, 0.6) is 0 Å². The molecule has 0 aromatic carbocycles. The van der Waals surface area contributed by atoms with Gasteiger partial charge in [0.25, 0.3) is 0 Å². The van der Waals surface area contributed by atoms with Crippen LogP contribution < -0.4 is 0 Å². The molecule has 0 spiro atoms. The Morgan fingerprint density at radius 1 is 0.484 bits per heavy atom. The van der Waals surface area contributed by atoms with Gasteiger partial charge in [0.15, 0.2) is 6.29 Å². The zero-order valence-electron chi connectivity index (χ0n) is 22.1. The first-order valence-electron chi connectivity index (χ1n) is 14.1. The average molecular weight is 445 g/mol. The predicted molar refractivity (Wildman–Crippen MR) is 138 cm³/mol. The van der Waals surface area contributed by atoms with E-state index in [1.165, 1.54) is 128 Å². The number of aliphatic hydroxyl groups excluding tert-OH is 1. The van der Waals surface area contributed by atoms with Gasteiger partial charge in [-0.2, -0.15) is 0 Å². The van der Waals surface area contributed by atoms with Crippen LogP contribution in [0.2, 0.25) is 0 Å². The Kier molecular flexibility index (Phi) is 34.2. The van der Waals surface area contributed by atoms with Gasteiger partial charge >= 0.3 is 0 Å². The number of hydrogen-bond donors (Lipinski definition) is 1. The van der Waals surface area contributed by atoms with Crippen molar-refractivity contribution >= 4 is 0 Å². The summed E-state index contributed by atoms with van der Waals surface area (Å²) in [5.41, 5.74) is 0. The first-order valence-corrected chi connectivity index (χ1v) is 14.1. The minimum absolute atomic E-state index is 0.581. The van der Waals surface area contributed by atoms with Crippen LogP contribution in [0.25, 0.3) is 0 Å². The van der Waals surface area contributed by atoms with Gasteiger partial charge in [0.2, 0.25) is 0 Å². The Morgan fingerprint density at radius 3 is 1.00 bits per heavy atom. The molecule has 0 amide bonds. The number of hydrogen-bond acceptors (Lipinski definition) is 3. The van der Waals surface area contributed by atoms with E-state index in [-0.39, 0.29) is 0 Å². The van der Waals surface area contributed by atoms with Crippen LogP contribution >= 0.6 is 0 Å². The van der Waals surface area contributed by atoms with E-state index < -0.39 is 6.29 Å². The van der Waals surface area contributed by atoms with E-state index in [4.69, 9.17) is 9.84 Å². The molecule has 190 valence electrons. The Labute approximate surface area is 197 Å². The number of rotatable bonds is 24. The smallest absolute Gasteiger partial charge is 0.151 e. The molecule has 0 heterocycles. The van der Waals surface area contributed by atoms with Crippen molar-refractivity contribution in [1.82, 2.24) is 0 Å². The molecule has 0 bridgehead atoms. The van der Waals surface area contributed by atoms with Crippen LogP contribution in [-0.4, -0.2) is 31.2 Å². The summed E-state index contributed by atoms with van der Waals surface area (Å²) in [4.78, 5) is 0. The van der Waals surface area contributed by atoms with Gasteiger partial charge in [-0.1, -0.05) is 129 Å². The maximum Gasteiger partial charge on any atom is 0.151 e. The van der Waals surface area contributed by atoms with Gasteiger partial charge in [0, 0.05) is 19.8 Å². The van der Waals surface area contributed by atoms with Crippen molar-refractivity contribution in [3.05, 3.63) is 0 Å². The molecule has 0 radical (unpaired) electrons. The van der Waals surface area contributed by atoms with Gasteiger partial charge < -0.3 is 14.6 Å². The highest BCUT2D eigenvalue weighted by Crippen LogP contribution is 2.12. The maximum absolute atomic E-state index is 8.33. The fourth-order valence-electron chi connectivity index (χ4n) is 3.73. The Bertz CT molecular complexity index is 259. The normalized spacial score (nSPS) is 11.9. The minimum Gasteiger partial charge on any atom is -0.381 e. The SMILES string of the molecule is CCCCCCCCCCCCOCCCCCCCCCCCC.CCOC(C)O. The molecule has 1 atom stereocenters. The largest absolute Gasteiger partial charge is 0.381 e. The molecule has 0 saturated carbocycles. The molecule has 3 nitrogen and oxygen atoms in total. The lowest BCUT2D eigenvalue weighted by Gasteiger charge is -2.05. The molecule has 31 heavy (non-hydrogen) atoms. The van der Waals surface area contributed by atoms with E-state index in [9.17, 15) is 0 Å². The molecule has 0 saturated heterocycles. The molecular formula is C28H60O3. The lowest BCUT2D eigenvalue weighted by Crippen LogP contribution is -2.04. The summed E-state index contributed by atoms with van der Waals surface area (Å²) < 4.78 is 10.4. The van der Waals surface area contributed by atoms with Crippen molar-refractivity contribution in [2.24, 2.45) is 0 Å². The Morgan fingerprint density at radius 2 is 0.774 bits per heavy atom. The molecule has 0 rings (SSSR count). The molecular weight excluding hydrogens is 384 g/mol. The summed E-state index contributed by atoms with van der Waals surface area (Å²) >= 11 is 0. The van der Waals surface area contributed by atoms with E-state index >= 15 is 0 Å². The highest BCUT2D eigenvalue weighted by Gasteiger charge is 1.95. The minimum atomic E-state index is -0.602. The Balaban J connectivity index is 0. The van der Waals surface area contributed by atoms with Crippen LogP contribution in [-0.2, 0) is 9.47 Å². The van der Waals surface area contributed by atoms with Crippen LogP contribution in [0.15, 0.2) is 0 Å². The summed E-state index contributed by atoms with van der Waals surface area (Å²) in [5.74, 6) is 0. The fourth-order valence-corrected chi connectivity index (χ4v) is 3.73. The summed E-state index contributed by atoms with van der Waals surface area (Å²) in [7, 11) is 0. The predicted octanol–water partition coefficient (Wildman–Crippen LogP) is 9.21. The quantitative estimate of drug-likeness (QED) is 0.119. The molecule has 1 N–H and O–H groups in total. The maximum atomic E-state index is 8.33. The summed E-state index contributed by atoms with van der Waals surface area (Å²) in [6, 6.07) is 0. The van der Waals surface area contributed by atoms with Gasteiger partial charge in [-0.05, 0) is 26.7 Å². The van der Waals surface area contributed by atoms with Gasteiger partial charge in [0.1, 0.15) is 0 Å². The molecule has 0 aliphatic heterocycles. The van der Waals surface area contributed by atoms with Crippen LogP contribution in [0.3, 0.4) is 0 Å². The third-order valence-electron chi connectivity index (χ3n) is 5.69. The molecule has 0 aromatic rings. The van der Waals surface area contributed by atoms with Crippen molar-refractivity contribution in [2.75, 3.05) is 19.8 Å². The molecule has 0 aliphatic rings. The second kappa shape index (κ2) is 32.1. The first kappa shape index (κ1) is 33.1. The summed E-state index contributed by atoms with van der Waals surface area (Å²) in [6.45, 7) is 10.6. The molecule has 0 aromatic heterocycles. The third-order valence-corrected chi connectivity index (χ3v) is 5.69. The Hall–Kier alpha value is -0.120. The second-order valence-electron chi connectivity index (χ2n) is 9.03. The zero-order valence-corrected chi connectivity index (χ0v) is 22.1. The fraction of sp³-hybridized carbons (Fsp3) is 1.00. The number of ether oxygens (including phenoxy) is 2. The van der Waals surface area contributed by atoms with Crippen molar-refractivity contribution < 1.29 is 14.6 Å². The van der Waals surface area contributed by atoms with E-state index in [2.05, 4.69) is 18.6 Å². The van der Waals surface area contributed by atoms with Crippen molar-refractivity contribution in [1.29, 1.82) is 0 Å². The van der Waals surface area contributed by atoms with Crippen LogP contribution in [0.1, 0.15) is 156 Å². The highest BCUT2D eigenvalue weighted by atomic mass is 16.6. The van der Waals surface area contributed by atoms with Gasteiger partial charge in [-0.15, -0.1) is 0 Å². The van der Waals surface area contributed by atoms with Crippen molar-refractivity contribution in [2.45, 2.75) is 162 Å². The highest BCUT2D eigenvalue weighted by molar-refractivity contribution is 4.49. The molecule has 0 aliphatic carbocycles.